The Balaban J connectivity index is 0.000000494. The molecule has 1 aromatic rings. The molecule has 1 aromatic carbocycles. The smallest absolute Gasteiger partial charge is 0.494 e. The molecule has 8 heteroatoms. The number of benzene rings is 1. The highest BCUT2D eigenvalue weighted by atomic mass is 19.5. The molecule has 0 aliphatic heterocycles. The van der Waals surface area contributed by atoms with Crippen molar-refractivity contribution in [2.75, 3.05) is 21.3 Å². The van der Waals surface area contributed by atoms with E-state index < -0.39 is 7.25 Å². The van der Waals surface area contributed by atoms with Gasteiger partial charge in [0.15, 0.2) is 5.75 Å². The minimum atomic E-state index is -6.00. The van der Waals surface area contributed by atoms with Crippen LogP contribution in [0.4, 0.5) is 17.3 Å². The predicted octanol–water partition coefficient (Wildman–Crippen LogP) is 3.19. The lowest BCUT2D eigenvalue weighted by molar-refractivity contribution is 0.368. The first-order chi connectivity index (χ1) is 8.22. The zero-order valence-corrected chi connectivity index (χ0v) is 10.2. The van der Waals surface area contributed by atoms with E-state index >= 15 is 0 Å². The molecule has 0 unspecified atom stereocenters. The Morgan fingerprint density at radius 2 is 1.22 bits per heavy atom. The SMILES string of the molecule is F[B-](F)(F)F.[CH2+]c1c(OC)cc(OC)cc1OC. The molecular weight excluding hydrogens is 255 g/mol. The van der Waals surface area contributed by atoms with Gasteiger partial charge in [-0.2, -0.15) is 0 Å². The third-order valence-corrected chi connectivity index (χ3v) is 1.82. The molecule has 0 saturated carbocycles. The summed E-state index contributed by atoms with van der Waals surface area (Å²) in [5.74, 6) is 2.02. The number of hydrogen-bond donors (Lipinski definition) is 0. The molecule has 102 valence electrons. The fourth-order valence-electron chi connectivity index (χ4n) is 1.08. The third kappa shape index (κ3) is 6.12. The summed E-state index contributed by atoms with van der Waals surface area (Å²) in [7, 11) is -1.23. The second kappa shape index (κ2) is 6.88. The number of ether oxygens (including phenoxy) is 3. The lowest BCUT2D eigenvalue weighted by atomic mass is 10.2. The van der Waals surface area contributed by atoms with E-state index in [1.54, 1.807) is 33.5 Å². The normalized spacial score (nSPS) is 10.2. The summed E-state index contributed by atoms with van der Waals surface area (Å²) in [6, 6.07) is 3.54. The Hall–Kier alpha value is -1.73. The maximum atomic E-state index is 9.75. The number of hydrogen-bond acceptors (Lipinski definition) is 3. The molecule has 0 aliphatic carbocycles. The quantitative estimate of drug-likeness (QED) is 0.478. The molecular formula is C10H13BF4O3. The van der Waals surface area contributed by atoms with Crippen molar-refractivity contribution in [1.82, 2.24) is 0 Å². The van der Waals surface area contributed by atoms with E-state index in [1.165, 1.54) is 0 Å². The molecule has 3 nitrogen and oxygen atoms in total. The Kier molecular flexibility index (Phi) is 6.22. The van der Waals surface area contributed by atoms with E-state index in [9.17, 15) is 17.3 Å². The van der Waals surface area contributed by atoms with E-state index in [0.29, 0.717) is 17.2 Å². The van der Waals surface area contributed by atoms with Gasteiger partial charge in [-0.15, -0.1) is 0 Å². The van der Waals surface area contributed by atoms with Gasteiger partial charge < -0.3 is 31.5 Å². The van der Waals surface area contributed by atoms with Crippen LogP contribution in [-0.2, 0) is 0 Å². The van der Waals surface area contributed by atoms with Crippen molar-refractivity contribution < 1.29 is 31.5 Å². The minimum absolute atomic E-state index is 0.663. The van der Waals surface area contributed by atoms with Gasteiger partial charge >= 0.3 is 7.25 Å². The summed E-state index contributed by atoms with van der Waals surface area (Å²) >= 11 is 0. The fraction of sp³-hybridized carbons (Fsp3) is 0.300. The van der Waals surface area contributed by atoms with E-state index in [4.69, 9.17) is 14.2 Å². The Labute approximate surface area is 103 Å². The number of methoxy groups -OCH3 is 3. The molecule has 1 rings (SSSR count). The zero-order valence-electron chi connectivity index (χ0n) is 10.2. The van der Waals surface area contributed by atoms with Crippen LogP contribution in [0.3, 0.4) is 0 Å². The molecule has 0 saturated heterocycles. The van der Waals surface area contributed by atoms with Gasteiger partial charge in [0.05, 0.1) is 33.5 Å². The van der Waals surface area contributed by atoms with Crippen molar-refractivity contribution in [3.63, 3.8) is 0 Å². The highest BCUT2D eigenvalue weighted by molar-refractivity contribution is 6.50. The van der Waals surface area contributed by atoms with Crippen molar-refractivity contribution >= 4 is 7.25 Å². The average Bonchev–Trinajstić information content (AvgIpc) is 2.27. The van der Waals surface area contributed by atoms with Gasteiger partial charge in [-0.1, -0.05) is 0 Å². The topological polar surface area (TPSA) is 27.7 Å². The third-order valence-electron chi connectivity index (χ3n) is 1.82. The van der Waals surface area contributed by atoms with Crippen molar-refractivity contribution in [2.45, 2.75) is 0 Å². The summed E-state index contributed by atoms with van der Waals surface area (Å²) in [6.07, 6.45) is 0. The molecule has 0 fully saturated rings. The second-order valence-corrected chi connectivity index (χ2v) is 3.01. The highest BCUT2D eigenvalue weighted by Crippen LogP contribution is 2.32. The molecule has 0 aromatic heterocycles. The van der Waals surface area contributed by atoms with E-state index in [1.807, 2.05) is 0 Å². The van der Waals surface area contributed by atoms with Gasteiger partial charge in [0.1, 0.15) is 0 Å². The minimum Gasteiger partial charge on any atom is -0.494 e. The summed E-state index contributed by atoms with van der Waals surface area (Å²) < 4.78 is 54.3. The average molecular weight is 268 g/mol. The van der Waals surface area contributed by atoms with Crippen LogP contribution < -0.4 is 14.2 Å². The van der Waals surface area contributed by atoms with Gasteiger partial charge in [0, 0.05) is 6.92 Å². The first-order valence-corrected chi connectivity index (χ1v) is 4.72. The largest absolute Gasteiger partial charge is 0.673 e. The molecule has 0 heterocycles. The van der Waals surface area contributed by atoms with Crippen LogP contribution in [0.5, 0.6) is 17.2 Å². The van der Waals surface area contributed by atoms with Gasteiger partial charge in [0.2, 0.25) is 17.1 Å². The summed E-state index contributed by atoms with van der Waals surface area (Å²) in [5, 5.41) is 0. The Morgan fingerprint density at radius 1 is 0.889 bits per heavy atom. The lowest BCUT2D eigenvalue weighted by Crippen LogP contribution is -2.02. The van der Waals surface area contributed by atoms with Crippen molar-refractivity contribution in [3.05, 3.63) is 24.6 Å². The van der Waals surface area contributed by atoms with Crippen LogP contribution in [0.2, 0.25) is 0 Å². The lowest BCUT2D eigenvalue weighted by Gasteiger charge is -2.03. The Morgan fingerprint density at radius 3 is 1.44 bits per heavy atom. The van der Waals surface area contributed by atoms with Gasteiger partial charge in [-0.3, -0.25) is 0 Å². The van der Waals surface area contributed by atoms with Crippen LogP contribution in [-0.4, -0.2) is 28.6 Å². The van der Waals surface area contributed by atoms with Crippen LogP contribution in [0, 0.1) is 6.92 Å². The molecule has 0 amide bonds. The molecule has 0 N–H and O–H groups in total. The van der Waals surface area contributed by atoms with Crippen molar-refractivity contribution in [3.8, 4) is 17.2 Å². The zero-order chi connectivity index (χ0) is 14.3. The Bertz CT molecular complexity index is 351. The van der Waals surface area contributed by atoms with Crippen LogP contribution in [0.15, 0.2) is 12.1 Å². The van der Waals surface area contributed by atoms with Crippen LogP contribution in [0.1, 0.15) is 5.56 Å². The van der Waals surface area contributed by atoms with Gasteiger partial charge in [-0.25, -0.2) is 0 Å². The molecule has 0 aliphatic rings. The van der Waals surface area contributed by atoms with Gasteiger partial charge in [0.25, 0.3) is 0 Å². The maximum absolute atomic E-state index is 9.75. The van der Waals surface area contributed by atoms with Crippen molar-refractivity contribution in [2.24, 2.45) is 0 Å². The first-order valence-electron chi connectivity index (χ1n) is 4.72. The number of rotatable bonds is 3. The fourth-order valence-corrected chi connectivity index (χ4v) is 1.08. The standard InChI is InChI=1S/C10H13O3.BF4/c1-7-9(12-3)5-8(11-2)6-10(7)13-4;2-1(3,4)5/h5-6H,1H2,2-4H3;/q+1;-1. The maximum Gasteiger partial charge on any atom is 0.673 e. The van der Waals surface area contributed by atoms with Gasteiger partial charge in [-0.05, 0) is 0 Å². The molecule has 0 spiro atoms. The first kappa shape index (κ1) is 16.3. The molecule has 0 radical (unpaired) electrons. The summed E-state index contributed by atoms with van der Waals surface area (Å²) in [5.41, 5.74) is 0.728. The molecule has 18 heavy (non-hydrogen) atoms. The molecule has 0 bridgehead atoms. The highest BCUT2D eigenvalue weighted by Gasteiger charge is 2.20. The van der Waals surface area contributed by atoms with E-state index in [2.05, 4.69) is 6.92 Å². The number of halogens is 4. The summed E-state index contributed by atoms with van der Waals surface area (Å²) in [6.45, 7) is 3.83. The summed E-state index contributed by atoms with van der Waals surface area (Å²) in [4.78, 5) is 0. The van der Waals surface area contributed by atoms with E-state index in [-0.39, 0.29) is 0 Å². The monoisotopic (exact) mass is 268 g/mol. The van der Waals surface area contributed by atoms with Crippen LogP contribution >= 0.6 is 0 Å². The van der Waals surface area contributed by atoms with E-state index in [0.717, 1.165) is 5.56 Å². The van der Waals surface area contributed by atoms with Crippen LogP contribution in [0.25, 0.3) is 0 Å². The molecule has 0 atom stereocenters. The second-order valence-electron chi connectivity index (χ2n) is 3.01. The predicted molar refractivity (Wildman–Crippen MR) is 60.7 cm³/mol. The van der Waals surface area contributed by atoms with Crippen molar-refractivity contribution in [1.29, 1.82) is 0 Å².